The van der Waals surface area contributed by atoms with E-state index in [0.717, 1.165) is 22.5 Å². The van der Waals surface area contributed by atoms with E-state index >= 15 is 0 Å². The lowest BCUT2D eigenvalue weighted by atomic mass is 10.2. The van der Waals surface area contributed by atoms with Gasteiger partial charge in [-0.3, -0.25) is 14.2 Å². The molecule has 1 aromatic heterocycles. The van der Waals surface area contributed by atoms with Crippen LogP contribution in [0.15, 0.2) is 47.3 Å². The Morgan fingerprint density at radius 1 is 1.23 bits per heavy atom. The normalized spacial score (nSPS) is 13.6. The van der Waals surface area contributed by atoms with E-state index in [2.05, 4.69) is 5.32 Å². The number of nitriles is 1. The number of aryl methyl sites for hydroxylation is 1. The summed E-state index contributed by atoms with van der Waals surface area (Å²) in [5.74, 6) is 0.718. The Bertz CT molecular complexity index is 1380. The first kappa shape index (κ1) is 20.4. The van der Waals surface area contributed by atoms with Crippen LogP contribution in [0.3, 0.4) is 0 Å². The third kappa shape index (κ3) is 4.09. The third-order valence-electron chi connectivity index (χ3n) is 4.78. The lowest BCUT2D eigenvalue weighted by molar-refractivity contribution is -0.111. The largest absolute Gasteiger partial charge is 0.454 e. The summed E-state index contributed by atoms with van der Waals surface area (Å²) in [5, 5.41) is 12.4. The van der Waals surface area contributed by atoms with Crippen molar-refractivity contribution in [3.8, 4) is 17.6 Å². The van der Waals surface area contributed by atoms with Crippen LogP contribution < -0.4 is 29.5 Å². The Balaban J connectivity index is 1.79. The second-order valence-electron chi connectivity index (χ2n) is 6.88. The Kier molecular flexibility index (Phi) is 5.60. The van der Waals surface area contributed by atoms with Crippen LogP contribution in [-0.4, -0.2) is 17.3 Å². The summed E-state index contributed by atoms with van der Waals surface area (Å²) in [6.45, 7) is 4.25. The predicted molar refractivity (Wildman–Crippen MR) is 118 cm³/mol. The summed E-state index contributed by atoms with van der Waals surface area (Å²) >= 11 is 1.12. The minimum Gasteiger partial charge on any atom is -0.454 e. The second kappa shape index (κ2) is 8.50. The van der Waals surface area contributed by atoms with E-state index in [4.69, 9.17) is 9.47 Å². The van der Waals surface area contributed by atoms with Gasteiger partial charge in [-0.25, -0.2) is 0 Å². The van der Waals surface area contributed by atoms with Gasteiger partial charge in [0, 0.05) is 12.2 Å². The van der Waals surface area contributed by atoms with E-state index in [1.165, 1.54) is 4.57 Å². The quantitative estimate of drug-likeness (QED) is 0.680. The van der Waals surface area contributed by atoms with Gasteiger partial charge in [-0.15, -0.1) is 11.3 Å². The number of nitrogens with zero attached hydrogens (tertiary/aromatic N) is 2. The number of thiazole rings is 1. The number of fused-ring (bicyclic) bond motifs is 1. The number of rotatable bonds is 4. The maximum Gasteiger partial charge on any atom is 0.269 e. The molecule has 1 N–H and O–H groups in total. The average molecular weight is 433 g/mol. The zero-order valence-electron chi connectivity index (χ0n) is 17.0. The maximum absolute atomic E-state index is 12.9. The van der Waals surface area contributed by atoms with Crippen LogP contribution in [0.1, 0.15) is 18.1 Å². The zero-order valence-corrected chi connectivity index (χ0v) is 17.8. The molecule has 3 aromatic rings. The molecule has 0 fully saturated rings. The molecule has 0 spiro atoms. The van der Waals surface area contributed by atoms with Crippen molar-refractivity contribution in [2.75, 3.05) is 12.1 Å². The third-order valence-corrected chi connectivity index (χ3v) is 5.91. The SMILES string of the molecule is CCn1c(=O)/c(=C\c2ccc3c(c2)OCO3)s/c1=C(\C#N)C(=O)Nc1ccc(C)cc1. The van der Waals surface area contributed by atoms with Gasteiger partial charge in [0.25, 0.3) is 11.5 Å². The predicted octanol–water partition coefficient (Wildman–Crippen LogP) is 2.11. The maximum atomic E-state index is 12.9. The van der Waals surface area contributed by atoms with Crippen molar-refractivity contribution in [1.29, 1.82) is 5.26 Å². The van der Waals surface area contributed by atoms with Crippen molar-refractivity contribution in [2.24, 2.45) is 0 Å². The van der Waals surface area contributed by atoms with E-state index in [1.807, 2.05) is 31.2 Å². The molecule has 2 aromatic carbocycles. The first-order chi connectivity index (χ1) is 15.0. The van der Waals surface area contributed by atoms with Crippen LogP contribution in [0, 0.1) is 18.3 Å². The Hall–Kier alpha value is -3.83. The summed E-state index contributed by atoms with van der Waals surface area (Å²) in [5.41, 5.74) is 2.05. The Labute approximate surface area is 182 Å². The molecule has 31 heavy (non-hydrogen) atoms. The number of ether oxygens (including phenoxy) is 2. The lowest BCUT2D eigenvalue weighted by Crippen LogP contribution is -2.33. The Morgan fingerprint density at radius 3 is 2.68 bits per heavy atom. The fourth-order valence-corrected chi connectivity index (χ4v) is 4.34. The van der Waals surface area contributed by atoms with Gasteiger partial charge >= 0.3 is 0 Å². The number of benzene rings is 2. The van der Waals surface area contributed by atoms with Crippen molar-refractivity contribution in [3.05, 3.63) is 73.1 Å². The molecule has 8 heteroatoms. The molecular formula is C23H19N3O4S. The minimum absolute atomic E-state index is 0.102. The smallest absolute Gasteiger partial charge is 0.269 e. The number of carbonyl (C=O) groups excluding carboxylic acids is 1. The fourth-order valence-electron chi connectivity index (χ4n) is 3.17. The van der Waals surface area contributed by atoms with Crippen LogP contribution in [0.5, 0.6) is 11.5 Å². The van der Waals surface area contributed by atoms with Gasteiger partial charge in [0.2, 0.25) is 6.79 Å². The first-order valence-corrected chi connectivity index (χ1v) is 10.4. The highest BCUT2D eigenvalue weighted by Gasteiger charge is 2.16. The molecule has 0 aliphatic carbocycles. The molecule has 1 aliphatic heterocycles. The van der Waals surface area contributed by atoms with Crippen LogP contribution in [0.25, 0.3) is 11.6 Å². The van der Waals surface area contributed by atoms with E-state index in [1.54, 1.807) is 37.3 Å². The molecule has 4 rings (SSSR count). The number of amides is 1. The summed E-state index contributed by atoms with van der Waals surface area (Å²) in [7, 11) is 0. The van der Waals surface area contributed by atoms with Gasteiger partial charge in [-0.1, -0.05) is 23.8 Å². The van der Waals surface area contributed by atoms with Gasteiger partial charge in [-0.2, -0.15) is 5.26 Å². The zero-order chi connectivity index (χ0) is 22.0. The van der Waals surface area contributed by atoms with E-state index in [-0.39, 0.29) is 17.9 Å². The summed E-state index contributed by atoms with van der Waals surface area (Å²) in [6.07, 6.45) is 1.72. The first-order valence-electron chi connectivity index (χ1n) is 9.63. The van der Waals surface area contributed by atoms with Crippen LogP contribution in [-0.2, 0) is 11.3 Å². The highest BCUT2D eigenvalue weighted by Crippen LogP contribution is 2.32. The molecular weight excluding hydrogens is 414 g/mol. The number of carbonyl (C=O) groups is 1. The lowest BCUT2D eigenvalue weighted by Gasteiger charge is -2.04. The molecule has 7 nitrogen and oxygen atoms in total. The number of anilines is 1. The number of aromatic nitrogens is 1. The molecule has 1 aliphatic rings. The fraction of sp³-hybridized carbons (Fsp3) is 0.174. The highest BCUT2D eigenvalue weighted by molar-refractivity contribution is 7.07. The van der Waals surface area contributed by atoms with Gasteiger partial charge < -0.3 is 14.8 Å². The van der Waals surface area contributed by atoms with Gasteiger partial charge in [0.15, 0.2) is 17.1 Å². The van der Waals surface area contributed by atoms with E-state index in [0.29, 0.717) is 32.9 Å². The standard InChI is InChI=1S/C23H19N3O4S/c1-3-26-22(28)20(11-15-6-9-18-19(10-15)30-13-29-18)31-23(26)17(12-24)21(27)25-16-7-4-14(2)5-8-16/h4-11H,3,13H2,1-2H3,(H,25,27)/b20-11+,23-17+. The minimum atomic E-state index is -0.551. The highest BCUT2D eigenvalue weighted by atomic mass is 32.1. The van der Waals surface area contributed by atoms with Gasteiger partial charge in [-0.05, 0) is 49.8 Å². The molecule has 0 saturated heterocycles. The summed E-state index contributed by atoms with van der Waals surface area (Å²) in [4.78, 5) is 25.7. The molecule has 0 atom stereocenters. The van der Waals surface area contributed by atoms with Crippen LogP contribution in [0.2, 0.25) is 0 Å². The molecule has 2 heterocycles. The molecule has 0 saturated carbocycles. The van der Waals surface area contributed by atoms with Crippen molar-refractivity contribution in [1.82, 2.24) is 4.57 Å². The van der Waals surface area contributed by atoms with Crippen molar-refractivity contribution in [3.63, 3.8) is 0 Å². The molecule has 0 unspecified atom stereocenters. The average Bonchev–Trinajstić information content (AvgIpc) is 3.34. The van der Waals surface area contributed by atoms with Crippen molar-refractivity contribution in [2.45, 2.75) is 20.4 Å². The van der Waals surface area contributed by atoms with Crippen LogP contribution in [0.4, 0.5) is 5.69 Å². The molecule has 1 amide bonds. The molecule has 0 radical (unpaired) electrons. The van der Waals surface area contributed by atoms with Crippen molar-refractivity contribution >= 4 is 34.6 Å². The molecule has 156 valence electrons. The summed E-state index contributed by atoms with van der Waals surface area (Å²) < 4.78 is 12.9. The number of hydrogen-bond acceptors (Lipinski definition) is 6. The van der Waals surface area contributed by atoms with E-state index < -0.39 is 5.91 Å². The van der Waals surface area contributed by atoms with Crippen LogP contribution >= 0.6 is 11.3 Å². The monoisotopic (exact) mass is 433 g/mol. The van der Waals surface area contributed by atoms with Gasteiger partial charge in [0.05, 0.1) is 4.53 Å². The number of nitrogens with one attached hydrogen (secondary N) is 1. The topological polar surface area (TPSA) is 93.3 Å². The van der Waals surface area contributed by atoms with E-state index in [9.17, 15) is 14.9 Å². The second-order valence-corrected chi connectivity index (χ2v) is 7.92. The molecule has 0 bridgehead atoms. The van der Waals surface area contributed by atoms with Gasteiger partial charge in [0.1, 0.15) is 10.7 Å². The summed E-state index contributed by atoms with van der Waals surface area (Å²) in [6, 6.07) is 14.6. The number of hydrogen-bond donors (Lipinski definition) is 1. The van der Waals surface area contributed by atoms with Crippen molar-refractivity contribution < 1.29 is 14.3 Å². The Morgan fingerprint density at radius 2 is 1.97 bits per heavy atom.